The Morgan fingerprint density at radius 3 is 2.62 bits per heavy atom. The number of halogens is 2. The maximum absolute atomic E-state index is 12.8. The van der Waals surface area contributed by atoms with E-state index in [0.29, 0.717) is 20.9 Å². The summed E-state index contributed by atoms with van der Waals surface area (Å²) in [7, 11) is 0. The average molecular weight is 487 g/mol. The Morgan fingerprint density at radius 2 is 1.81 bits per heavy atom. The lowest BCUT2D eigenvalue weighted by atomic mass is 9.95. The molecule has 1 aliphatic carbocycles. The molecule has 7 nitrogen and oxygen atoms in total. The third-order valence-corrected chi connectivity index (χ3v) is 7.18. The second-order valence-electron chi connectivity index (χ2n) is 7.78. The van der Waals surface area contributed by atoms with E-state index < -0.39 is 0 Å². The van der Waals surface area contributed by atoms with Crippen LogP contribution in [0.4, 0.5) is 0 Å². The fourth-order valence-electron chi connectivity index (χ4n) is 4.13. The van der Waals surface area contributed by atoms with Gasteiger partial charge in [0, 0.05) is 16.6 Å². The topological polar surface area (TPSA) is 78.5 Å². The lowest BCUT2D eigenvalue weighted by Gasteiger charge is -2.25. The van der Waals surface area contributed by atoms with E-state index in [1.807, 2.05) is 18.2 Å². The van der Waals surface area contributed by atoms with Crippen molar-refractivity contribution in [3.05, 3.63) is 62.9 Å². The minimum Gasteiger partial charge on any atom is -0.299 e. The van der Waals surface area contributed by atoms with Gasteiger partial charge in [0.15, 0.2) is 11.0 Å². The fraction of sp³-hybridized carbons (Fsp3) is 0.318. The van der Waals surface area contributed by atoms with Crippen molar-refractivity contribution in [2.75, 3.05) is 0 Å². The molecule has 0 radical (unpaired) electrons. The molecule has 5 rings (SSSR count). The van der Waals surface area contributed by atoms with E-state index in [1.54, 1.807) is 24.3 Å². The molecule has 0 aliphatic heterocycles. The van der Waals surface area contributed by atoms with Gasteiger partial charge in [-0.25, -0.2) is 0 Å². The molecule has 0 atom stereocenters. The molecule has 2 aromatic heterocycles. The number of nitrogens with zero attached hydrogens (tertiary/aromatic N) is 6. The zero-order valence-corrected chi connectivity index (χ0v) is 19.4. The Morgan fingerprint density at radius 1 is 1.00 bits per heavy atom. The first kappa shape index (κ1) is 21.4. The number of hydrogen-bond donors (Lipinski definition) is 0. The van der Waals surface area contributed by atoms with Crippen molar-refractivity contribution in [1.29, 1.82) is 0 Å². The molecular formula is C22H20Cl2N6OS. The highest BCUT2D eigenvalue weighted by atomic mass is 35.5. The molecular weight excluding hydrogens is 467 g/mol. The summed E-state index contributed by atoms with van der Waals surface area (Å²) >= 11 is 14.0. The molecule has 1 aliphatic rings. The predicted molar refractivity (Wildman–Crippen MR) is 127 cm³/mol. The predicted octanol–water partition coefficient (Wildman–Crippen LogP) is 5.61. The molecule has 1 fully saturated rings. The van der Waals surface area contributed by atoms with Gasteiger partial charge in [-0.3, -0.25) is 9.36 Å². The third-order valence-electron chi connectivity index (χ3n) is 5.72. The van der Waals surface area contributed by atoms with Gasteiger partial charge in [-0.15, -0.1) is 15.3 Å². The van der Waals surface area contributed by atoms with Gasteiger partial charge in [0.25, 0.3) is 5.56 Å². The second kappa shape index (κ2) is 9.21. The maximum Gasteiger partial charge on any atom is 0.278 e. The molecule has 0 amide bonds. The van der Waals surface area contributed by atoms with Crippen LogP contribution in [0, 0.1) is 0 Å². The maximum atomic E-state index is 12.8. The summed E-state index contributed by atoms with van der Waals surface area (Å²) in [6, 6.07) is 12.9. The molecule has 1 saturated carbocycles. The van der Waals surface area contributed by atoms with E-state index in [-0.39, 0.29) is 17.5 Å². The van der Waals surface area contributed by atoms with Crippen molar-refractivity contribution in [2.45, 2.75) is 49.2 Å². The first-order chi connectivity index (χ1) is 15.6. The molecule has 0 N–H and O–H groups in total. The SMILES string of the molecule is O=c1c2ccccc2nnn1CSc1nnc(-c2ccc(Cl)cc2Cl)n1C1CCCCC1. The number of fused-ring (bicyclic) bond motifs is 1. The highest BCUT2D eigenvalue weighted by Gasteiger charge is 2.25. The number of hydrogen-bond acceptors (Lipinski definition) is 6. The smallest absolute Gasteiger partial charge is 0.278 e. The fourth-order valence-corrected chi connectivity index (χ4v) is 5.50. The molecule has 164 valence electrons. The van der Waals surface area contributed by atoms with Crippen molar-refractivity contribution in [1.82, 2.24) is 29.8 Å². The van der Waals surface area contributed by atoms with Gasteiger partial charge in [-0.05, 0) is 43.2 Å². The van der Waals surface area contributed by atoms with Gasteiger partial charge in [0.1, 0.15) is 5.52 Å². The van der Waals surface area contributed by atoms with Crippen LogP contribution in [0.3, 0.4) is 0 Å². The number of rotatable bonds is 5. The normalized spacial score (nSPS) is 14.8. The van der Waals surface area contributed by atoms with Crippen molar-refractivity contribution in [2.24, 2.45) is 0 Å². The Labute approximate surface area is 198 Å². The summed E-state index contributed by atoms with van der Waals surface area (Å²) in [6.07, 6.45) is 5.67. The van der Waals surface area contributed by atoms with Crippen LogP contribution in [-0.4, -0.2) is 29.8 Å². The Bertz CT molecular complexity index is 1330. The lowest BCUT2D eigenvalue weighted by Crippen LogP contribution is -2.23. The quantitative estimate of drug-likeness (QED) is 0.341. The van der Waals surface area contributed by atoms with Crippen molar-refractivity contribution < 1.29 is 0 Å². The van der Waals surface area contributed by atoms with Crippen LogP contribution in [-0.2, 0) is 5.88 Å². The van der Waals surface area contributed by atoms with Crippen molar-refractivity contribution >= 4 is 45.9 Å². The summed E-state index contributed by atoms with van der Waals surface area (Å²) in [5.41, 5.74) is 1.21. The Hall–Kier alpha value is -2.42. The largest absolute Gasteiger partial charge is 0.299 e. The molecule has 4 aromatic rings. The van der Waals surface area contributed by atoms with Crippen LogP contribution in [0.1, 0.15) is 38.1 Å². The van der Waals surface area contributed by atoms with Gasteiger partial charge in [0.2, 0.25) is 0 Å². The third kappa shape index (κ3) is 4.14. The summed E-state index contributed by atoms with van der Waals surface area (Å²) in [5.74, 6) is 1.01. The average Bonchev–Trinajstić information content (AvgIpc) is 3.23. The Kier molecular flexibility index (Phi) is 6.17. The molecule has 0 unspecified atom stereocenters. The van der Waals surface area contributed by atoms with Crippen LogP contribution >= 0.6 is 35.0 Å². The molecule has 0 bridgehead atoms. The summed E-state index contributed by atoms with van der Waals surface area (Å²) in [5, 5.41) is 19.6. The van der Waals surface area contributed by atoms with Gasteiger partial charge in [-0.2, -0.15) is 4.68 Å². The van der Waals surface area contributed by atoms with Gasteiger partial charge < -0.3 is 0 Å². The van der Waals surface area contributed by atoms with Crippen LogP contribution in [0.15, 0.2) is 52.4 Å². The lowest BCUT2D eigenvalue weighted by molar-refractivity contribution is 0.339. The number of thioether (sulfide) groups is 1. The first-order valence-electron chi connectivity index (χ1n) is 10.5. The molecule has 32 heavy (non-hydrogen) atoms. The van der Waals surface area contributed by atoms with Crippen LogP contribution in [0.25, 0.3) is 22.3 Å². The number of aromatic nitrogens is 6. The molecule has 0 spiro atoms. The Balaban J connectivity index is 1.50. The van der Waals surface area contributed by atoms with E-state index in [4.69, 9.17) is 23.2 Å². The van der Waals surface area contributed by atoms with Crippen molar-refractivity contribution in [3.8, 4) is 11.4 Å². The van der Waals surface area contributed by atoms with Crippen LogP contribution in [0.5, 0.6) is 0 Å². The van der Waals surface area contributed by atoms with Crippen molar-refractivity contribution in [3.63, 3.8) is 0 Å². The van der Waals surface area contributed by atoms with E-state index in [0.717, 1.165) is 42.2 Å². The molecule has 10 heteroatoms. The van der Waals surface area contributed by atoms with E-state index in [2.05, 4.69) is 25.1 Å². The van der Waals surface area contributed by atoms with Gasteiger partial charge in [0.05, 0.1) is 16.3 Å². The second-order valence-corrected chi connectivity index (χ2v) is 9.53. The van der Waals surface area contributed by atoms with E-state index in [9.17, 15) is 4.79 Å². The summed E-state index contributed by atoms with van der Waals surface area (Å²) in [6.45, 7) is 0. The first-order valence-corrected chi connectivity index (χ1v) is 12.2. The standard InChI is InChI=1S/C22H20Cl2N6OS/c23-14-10-11-16(18(24)12-14)20-26-27-22(30(20)15-6-2-1-3-7-15)32-13-29-21(31)17-8-4-5-9-19(17)25-28-29/h4-5,8-12,15H,1-3,6-7,13H2. The molecule has 2 heterocycles. The summed E-state index contributed by atoms with van der Waals surface area (Å²) < 4.78 is 3.53. The minimum absolute atomic E-state index is 0.173. The number of benzene rings is 2. The zero-order valence-electron chi connectivity index (χ0n) is 17.1. The monoisotopic (exact) mass is 486 g/mol. The summed E-state index contributed by atoms with van der Waals surface area (Å²) in [4.78, 5) is 12.8. The van der Waals surface area contributed by atoms with Gasteiger partial charge in [-0.1, -0.05) is 71.6 Å². The van der Waals surface area contributed by atoms with Crippen LogP contribution in [0.2, 0.25) is 10.0 Å². The van der Waals surface area contributed by atoms with Crippen LogP contribution < -0.4 is 5.56 Å². The highest BCUT2D eigenvalue weighted by molar-refractivity contribution is 7.98. The zero-order chi connectivity index (χ0) is 22.1. The molecule has 2 aromatic carbocycles. The molecule has 0 saturated heterocycles. The highest BCUT2D eigenvalue weighted by Crippen LogP contribution is 2.38. The van der Waals surface area contributed by atoms with E-state index >= 15 is 0 Å². The van der Waals surface area contributed by atoms with E-state index in [1.165, 1.54) is 22.9 Å². The minimum atomic E-state index is -0.173. The van der Waals surface area contributed by atoms with Gasteiger partial charge >= 0.3 is 0 Å².